The Morgan fingerprint density at radius 1 is 1.26 bits per heavy atom. The zero-order valence-electron chi connectivity index (χ0n) is 15.1. The summed E-state index contributed by atoms with van der Waals surface area (Å²) in [4.78, 5) is 12.0. The highest BCUT2D eigenvalue weighted by atomic mass is 16.8. The molecule has 1 saturated heterocycles. The van der Waals surface area contributed by atoms with E-state index < -0.39 is 61.1 Å². The van der Waals surface area contributed by atoms with Crippen LogP contribution in [0.25, 0.3) is 0 Å². The molecular weight excluding hydrogens is 364 g/mol. The van der Waals surface area contributed by atoms with Crippen LogP contribution in [0.4, 0.5) is 0 Å². The number of aliphatic hydroxyl groups excluding tert-OH is 4. The van der Waals surface area contributed by atoms with Crippen LogP contribution in [0.1, 0.15) is 19.8 Å². The van der Waals surface area contributed by atoms with Gasteiger partial charge in [-0.25, -0.2) is 4.79 Å². The van der Waals surface area contributed by atoms with Crippen LogP contribution in [0.5, 0.6) is 0 Å². The van der Waals surface area contributed by atoms with Crippen molar-refractivity contribution in [3.05, 3.63) is 11.8 Å². The second-order valence-corrected chi connectivity index (χ2v) is 7.43. The van der Waals surface area contributed by atoms with Crippen LogP contribution in [0.3, 0.4) is 0 Å². The van der Waals surface area contributed by atoms with Crippen molar-refractivity contribution < 1.29 is 49.3 Å². The van der Waals surface area contributed by atoms with Gasteiger partial charge in [-0.05, 0) is 19.8 Å². The third-order valence-corrected chi connectivity index (χ3v) is 5.67. The Morgan fingerprint density at radius 3 is 2.59 bits per heavy atom. The monoisotopic (exact) mass is 390 g/mol. The van der Waals surface area contributed by atoms with Crippen LogP contribution in [-0.2, 0) is 23.7 Å². The minimum Gasteiger partial charge on any atom is -0.471 e. The van der Waals surface area contributed by atoms with Gasteiger partial charge in [0.1, 0.15) is 24.4 Å². The predicted molar refractivity (Wildman–Crippen MR) is 86.7 cm³/mol. The fourth-order valence-electron chi connectivity index (χ4n) is 4.12. The summed E-state index contributed by atoms with van der Waals surface area (Å²) in [6.45, 7) is 1.01. The number of carbonyl (C=O) groups is 1. The van der Waals surface area contributed by atoms with E-state index in [0.29, 0.717) is 12.8 Å². The van der Waals surface area contributed by atoms with Crippen molar-refractivity contribution in [3.8, 4) is 0 Å². The van der Waals surface area contributed by atoms with Gasteiger partial charge < -0.3 is 44.5 Å². The zero-order chi connectivity index (χ0) is 19.9. The second-order valence-electron chi connectivity index (χ2n) is 7.43. The summed E-state index contributed by atoms with van der Waals surface area (Å²) >= 11 is 0. The smallest absolute Gasteiger partial charge is 0.337 e. The normalized spacial score (nSPS) is 47.0. The van der Waals surface area contributed by atoms with Crippen molar-refractivity contribution in [2.24, 2.45) is 11.8 Å². The molecule has 0 radical (unpaired) electrons. The summed E-state index contributed by atoms with van der Waals surface area (Å²) in [6, 6.07) is 0. The molecule has 2 fully saturated rings. The lowest BCUT2D eigenvalue weighted by Crippen LogP contribution is -2.60. The average molecular weight is 390 g/mol. The molecular formula is C17H26O10. The SMILES string of the molecule is COC(=O)C1=CO[C@@H](O[C@H]2O[C@@H](CO)[C@H](O)[C@H](O)[C@H]2O)[C@H]2[C@@H]1CC[C@]2(C)O. The molecule has 3 aliphatic rings. The standard InChI is InChI=1S/C17H26O10/c1-17(23)4-3-7-8(14(22)24-2)6-25-15(10(7)17)27-16-13(21)12(20)11(19)9(5-18)26-16/h6-7,9-13,15-16,18-21,23H,3-5H2,1-2H3/t7-,9+,10-,11+,12+,13-,15+,16-,17+/m1/s1. The molecule has 10 heteroatoms. The van der Waals surface area contributed by atoms with Gasteiger partial charge in [-0.3, -0.25) is 0 Å². The Balaban J connectivity index is 1.82. The van der Waals surface area contributed by atoms with E-state index >= 15 is 0 Å². The molecule has 10 nitrogen and oxygen atoms in total. The molecule has 1 aliphatic carbocycles. The van der Waals surface area contributed by atoms with E-state index in [0.717, 1.165) is 0 Å². The van der Waals surface area contributed by atoms with Crippen LogP contribution in [0.15, 0.2) is 11.8 Å². The quantitative estimate of drug-likeness (QED) is 0.340. The van der Waals surface area contributed by atoms with E-state index in [9.17, 15) is 30.3 Å². The maximum Gasteiger partial charge on any atom is 0.337 e. The number of methoxy groups -OCH3 is 1. The maximum absolute atomic E-state index is 12.0. The first-order valence-electron chi connectivity index (χ1n) is 8.83. The Labute approximate surface area is 155 Å². The predicted octanol–water partition coefficient (Wildman–Crippen LogP) is -2.01. The van der Waals surface area contributed by atoms with E-state index in [-0.39, 0.29) is 11.5 Å². The number of esters is 1. The van der Waals surface area contributed by atoms with Gasteiger partial charge in [0.05, 0.1) is 37.1 Å². The minimum absolute atomic E-state index is 0.286. The molecule has 0 bridgehead atoms. The van der Waals surface area contributed by atoms with Gasteiger partial charge in [0.15, 0.2) is 6.29 Å². The topological polar surface area (TPSA) is 155 Å². The van der Waals surface area contributed by atoms with E-state index in [1.54, 1.807) is 6.92 Å². The highest BCUT2D eigenvalue weighted by Crippen LogP contribution is 2.49. The zero-order valence-corrected chi connectivity index (χ0v) is 15.1. The summed E-state index contributed by atoms with van der Waals surface area (Å²) in [6.07, 6.45) is -6.19. The lowest BCUT2D eigenvalue weighted by atomic mass is 9.81. The third kappa shape index (κ3) is 3.58. The fourth-order valence-corrected chi connectivity index (χ4v) is 4.12. The van der Waals surface area contributed by atoms with E-state index in [4.69, 9.17) is 18.9 Å². The van der Waals surface area contributed by atoms with Crippen molar-refractivity contribution >= 4 is 5.97 Å². The van der Waals surface area contributed by atoms with Gasteiger partial charge in [0.25, 0.3) is 0 Å². The first-order valence-corrected chi connectivity index (χ1v) is 8.83. The lowest BCUT2D eigenvalue weighted by molar-refractivity contribution is -0.346. The van der Waals surface area contributed by atoms with Crippen LogP contribution in [-0.4, -0.2) is 87.8 Å². The number of aliphatic hydroxyl groups is 5. The number of hydrogen-bond donors (Lipinski definition) is 5. The van der Waals surface area contributed by atoms with Crippen LogP contribution in [0.2, 0.25) is 0 Å². The Bertz CT molecular complexity index is 588. The average Bonchev–Trinajstić information content (AvgIpc) is 2.97. The second kappa shape index (κ2) is 7.63. The molecule has 9 atom stereocenters. The van der Waals surface area contributed by atoms with Gasteiger partial charge >= 0.3 is 5.97 Å². The number of hydrogen-bond acceptors (Lipinski definition) is 10. The van der Waals surface area contributed by atoms with E-state index in [1.807, 2.05) is 0 Å². The van der Waals surface area contributed by atoms with Gasteiger partial charge in [-0.15, -0.1) is 0 Å². The molecule has 0 aromatic rings. The minimum atomic E-state index is -1.60. The molecule has 27 heavy (non-hydrogen) atoms. The highest BCUT2D eigenvalue weighted by Gasteiger charge is 2.56. The summed E-state index contributed by atoms with van der Waals surface area (Å²) in [7, 11) is 1.25. The third-order valence-electron chi connectivity index (χ3n) is 5.67. The number of rotatable bonds is 4. The van der Waals surface area contributed by atoms with Gasteiger partial charge in [-0.1, -0.05) is 0 Å². The molecule has 0 aromatic carbocycles. The Hall–Kier alpha value is -1.27. The summed E-state index contributed by atoms with van der Waals surface area (Å²) in [5.41, 5.74) is -0.925. The Kier molecular flexibility index (Phi) is 5.78. The molecule has 0 spiro atoms. The first kappa shape index (κ1) is 20.5. The number of carbonyl (C=O) groups excluding carboxylic acids is 1. The molecule has 2 aliphatic heterocycles. The molecule has 0 unspecified atom stereocenters. The van der Waals surface area contributed by atoms with Crippen molar-refractivity contribution in [2.75, 3.05) is 13.7 Å². The molecule has 3 rings (SSSR count). The fraction of sp³-hybridized carbons (Fsp3) is 0.824. The summed E-state index contributed by atoms with van der Waals surface area (Å²) in [5, 5.41) is 49.9. The number of ether oxygens (including phenoxy) is 4. The van der Waals surface area contributed by atoms with Gasteiger partial charge in [-0.2, -0.15) is 0 Å². The summed E-state index contributed by atoms with van der Waals surface area (Å²) < 4.78 is 21.3. The van der Waals surface area contributed by atoms with Crippen molar-refractivity contribution in [1.82, 2.24) is 0 Å². The van der Waals surface area contributed by atoms with Crippen molar-refractivity contribution in [3.63, 3.8) is 0 Å². The van der Waals surface area contributed by atoms with Crippen molar-refractivity contribution in [1.29, 1.82) is 0 Å². The lowest BCUT2D eigenvalue weighted by Gasteiger charge is -2.44. The van der Waals surface area contributed by atoms with Gasteiger partial charge in [0.2, 0.25) is 6.29 Å². The van der Waals surface area contributed by atoms with Crippen LogP contribution >= 0.6 is 0 Å². The molecule has 5 N–H and O–H groups in total. The van der Waals surface area contributed by atoms with Crippen molar-refractivity contribution in [2.45, 2.75) is 62.4 Å². The van der Waals surface area contributed by atoms with Crippen LogP contribution < -0.4 is 0 Å². The molecule has 1 saturated carbocycles. The largest absolute Gasteiger partial charge is 0.471 e. The molecule has 154 valence electrons. The van der Waals surface area contributed by atoms with Gasteiger partial charge in [0, 0.05) is 5.92 Å². The Morgan fingerprint density at radius 2 is 1.96 bits per heavy atom. The highest BCUT2D eigenvalue weighted by molar-refractivity contribution is 5.89. The molecule has 0 aromatic heterocycles. The van der Waals surface area contributed by atoms with E-state index in [1.165, 1.54) is 13.4 Å². The number of fused-ring (bicyclic) bond motifs is 1. The molecule has 0 amide bonds. The first-order chi connectivity index (χ1) is 12.7. The van der Waals surface area contributed by atoms with Crippen LogP contribution in [0, 0.1) is 11.8 Å². The molecule has 2 heterocycles. The summed E-state index contributed by atoms with van der Waals surface area (Å²) in [5.74, 6) is -1.59. The van der Waals surface area contributed by atoms with E-state index in [2.05, 4.69) is 0 Å². The maximum atomic E-state index is 12.0.